The van der Waals surface area contributed by atoms with E-state index in [9.17, 15) is 17.6 Å². The number of aryl methyl sites for hydroxylation is 3. The van der Waals surface area contributed by atoms with Crippen LogP contribution in [-0.2, 0) is 25.7 Å². The summed E-state index contributed by atoms with van der Waals surface area (Å²) in [5.74, 6) is -1.78. The van der Waals surface area contributed by atoms with Crippen LogP contribution in [0.5, 0.6) is 0 Å². The zero-order valence-electron chi connectivity index (χ0n) is 20.0. The van der Waals surface area contributed by atoms with E-state index < -0.39 is 28.3 Å². The third-order valence-corrected chi connectivity index (χ3v) is 7.82. The summed E-state index contributed by atoms with van der Waals surface area (Å²) in [4.78, 5) is 0. The lowest BCUT2D eigenvalue weighted by atomic mass is 9.77. The Morgan fingerprint density at radius 3 is 1.80 bits per heavy atom. The largest absolute Gasteiger partial charge is 0.207 e. The molecule has 35 heavy (non-hydrogen) atoms. The standard InChI is InChI=1S/C30H31ClF4/c1-2-19-5-10-23(11-6-19)24-12-7-20(8-13-24)3-4-21-15-26(32)25(27(33)16-21)14-9-22-17-28(34)30(31)29(35)18-22/h5-6,10-11,15-18,20,24H,2-4,7-9,12-14H2,1H3/t20-,24-. The first-order valence-electron chi connectivity index (χ1n) is 12.5. The molecule has 0 unspecified atom stereocenters. The molecule has 1 fully saturated rings. The molecule has 0 amide bonds. The van der Waals surface area contributed by atoms with Gasteiger partial charge in [-0.2, -0.15) is 0 Å². The molecule has 0 N–H and O–H groups in total. The molecule has 0 nitrogen and oxygen atoms in total. The van der Waals surface area contributed by atoms with Gasteiger partial charge in [-0.25, -0.2) is 17.6 Å². The second-order valence-electron chi connectivity index (χ2n) is 9.76. The molecule has 0 aliphatic heterocycles. The molecule has 0 aromatic heterocycles. The topological polar surface area (TPSA) is 0 Å². The van der Waals surface area contributed by atoms with Crippen molar-refractivity contribution < 1.29 is 17.6 Å². The van der Waals surface area contributed by atoms with Crippen LogP contribution in [0.1, 0.15) is 72.8 Å². The van der Waals surface area contributed by atoms with Crippen molar-refractivity contribution in [1.82, 2.24) is 0 Å². The monoisotopic (exact) mass is 502 g/mol. The molecule has 3 aromatic carbocycles. The van der Waals surface area contributed by atoms with Gasteiger partial charge in [0, 0.05) is 5.56 Å². The van der Waals surface area contributed by atoms with Gasteiger partial charge in [0.25, 0.3) is 0 Å². The van der Waals surface area contributed by atoms with E-state index >= 15 is 0 Å². The highest BCUT2D eigenvalue weighted by Crippen LogP contribution is 2.37. The van der Waals surface area contributed by atoms with Crippen LogP contribution in [0.25, 0.3) is 0 Å². The number of benzene rings is 3. The van der Waals surface area contributed by atoms with E-state index in [0.717, 1.165) is 50.7 Å². The van der Waals surface area contributed by atoms with E-state index in [4.69, 9.17) is 11.6 Å². The fraction of sp³-hybridized carbons (Fsp3) is 0.400. The zero-order chi connectivity index (χ0) is 24.9. The van der Waals surface area contributed by atoms with Crippen LogP contribution in [0.2, 0.25) is 5.02 Å². The summed E-state index contributed by atoms with van der Waals surface area (Å²) in [5.41, 5.74) is 3.69. The van der Waals surface area contributed by atoms with Gasteiger partial charge in [0.15, 0.2) is 0 Å². The minimum atomic E-state index is -0.874. The minimum absolute atomic E-state index is 0.0156. The third kappa shape index (κ3) is 6.46. The van der Waals surface area contributed by atoms with E-state index in [2.05, 4.69) is 31.2 Å². The van der Waals surface area contributed by atoms with Crippen molar-refractivity contribution in [3.05, 3.63) is 105 Å². The highest BCUT2D eigenvalue weighted by Gasteiger charge is 2.22. The molecular weight excluding hydrogens is 472 g/mol. The maximum atomic E-state index is 14.7. The molecule has 0 spiro atoms. The van der Waals surface area contributed by atoms with E-state index in [1.54, 1.807) is 0 Å². The van der Waals surface area contributed by atoms with Crippen LogP contribution < -0.4 is 0 Å². The van der Waals surface area contributed by atoms with E-state index in [0.29, 0.717) is 29.4 Å². The van der Waals surface area contributed by atoms with Crippen LogP contribution in [-0.4, -0.2) is 0 Å². The number of hydrogen-bond donors (Lipinski definition) is 0. The molecule has 0 heterocycles. The molecule has 5 heteroatoms. The molecule has 0 bridgehead atoms. The van der Waals surface area contributed by atoms with Gasteiger partial charge in [0.05, 0.1) is 0 Å². The summed E-state index contributed by atoms with van der Waals surface area (Å²) >= 11 is 5.50. The van der Waals surface area contributed by atoms with Crippen LogP contribution in [0.15, 0.2) is 48.5 Å². The highest BCUT2D eigenvalue weighted by atomic mass is 35.5. The highest BCUT2D eigenvalue weighted by molar-refractivity contribution is 6.30. The molecule has 1 aliphatic rings. The van der Waals surface area contributed by atoms with Crippen molar-refractivity contribution in [2.75, 3.05) is 0 Å². The molecule has 3 aromatic rings. The van der Waals surface area contributed by atoms with Crippen molar-refractivity contribution in [3.8, 4) is 0 Å². The minimum Gasteiger partial charge on any atom is -0.207 e. The van der Waals surface area contributed by atoms with Gasteiger partial charge < -0.3 is 0 Å². The molecule has 0 radical (unpaired) electrons. The van der Waals surface area contributed by atoms with Crippen LogP contribution in [0, 0.1) is 29.2 Å². The van der Waals surface area contributed by atoms with Crippen molar-refractivity contribution in [1.29, 1.82) is 0 Å². The second kappa shape index (κ2) is 11.6. The maximum absolute atomic E-state index is 14.7. The van der Waals surface area contributed by atoms with Crippen LogP contribution in [0.3, 0.4) is 0 Å². The zero-order valence-corrected chi connectivity index (χ0v) is 20.8. The molecular formula is C30H31ClF4. The Hall–Kier alpha value is -2.33. The normalized spacial score (nSPS) is 18.1. The first-order chi connectivity index (χ1) is 16.8. The van der Waals surface area contributed by atoms with Crippen molar-refractivity contribution in [2.45, 2.75) is 70.6 Å². The fourth-order valence-electron chi connectivity index (χ4n) is 5.24. The number of rotatable bonds is 8. The third-order valence-electron chi connectivity index (χ3n) is 7.46. The average molecular weight is 503 g/mol. The van der Waals surface area contributed by atoms with Gasteiger partial charge in [-0.1, -0.05) is 42.8 Å². The summed E-state index contributed by atoms with van der Waals surface area (Å²) in [6.45, 7) is 2.16. The summed E-state index contributed by atoms with van der Waals surface area (Å²) in [6.07, 6.45) is 7.33. The van der Waals surface area contributed by atoms with E-state index in [-0.39, 0.29) is 18.4 Å². The summed E-state index contributed by atoms with van der Waals surface area (Å²) in [5, 5.41) is -0.574. The first-order valence-corrected chi connectivity index (χ1v) is 12.9. The quantitative estimate of drug-likeness (QED) is 0.213. The average Bonchev–Trinajstić information content (AvgIpc) is 2.86. The van der Waals surface area contributed by atoms with Crippen molar-refractivity contribution in [3.63, 3.8) is 0 Å². The van der Waals surface area contributed by atoms with Crippen molar-refractivity contribution >= 4 is 11.6 Å². The van der Waals surface area contributed by atoms with Gasteiger partial charge in [-0.05, 0) is 116 Å². The number of hydrogen-bond acceptors (Lipinski definition) is 0. The predicted molar refractivity (Wildman–Crippen MR) is 134 cm³/mol. The second-order valence-corrected chi connectivity index (χ2v) is 10.1. The SMILES string of the molecule is CCc1ccc([C@H]2CC[C@H](CCc3cc(F)c(CCc4cc(F)c(Cl)c(F)c4)c(F)c3)CC2)cc1. The van der Waals surface area contributed by atoms with E-state index in [1.165, 1.54) is 23.3 Å². The molecule has 186 valence electrons. The Morgan fingerprint density at radius 2 is 1.23 bits per heavy atom. The Bertz CT molecular complexity index is 1100. The van der Waals surface area contributed by atoms with Crippen molar-refractivity contribution in [2.24, 2.45) is 5.92 Å². The first kappa shape index (κ1) is 25.8. The number of halogens is 5. The Balaban J connectivity index is 1.29. The lowest BCUT2D eigenvalue weighted by molar-refractivity contribution is 0.310. The van der Waals surface area contributed by atoms with Gasteiger partial charge in [0.1, 0.15) is 28.3 Å². The Morgan fingerprint density at radius 1 is 0.686 bits per heavy atom. The Labute approximate surface area is 210 Å². The predicted octanol–water partition coefficient (Wildman–Crippen LogP) is 9.15. The van der Waals surface area contributed by atoms with E-state index in [1.807, 2.05) is 0 Å². The summed E-state index contributed by atoms with van der Waals surface area (Å²) in [7, 11) is 0. The lowest BCUT2D eigenvalue weighted by Crippen LogP contribution is -2.14. The molecule has 1 aliphatic carbocycles. The van der Waals surface area contributed by atoms with Gasteiger partial charge in [-0.3, -0.25) is 0 Å². The smallest absolute Gasteiger partial charge is 0.145 e. The van der Waals surface area contributed by atoms with Crippen LogP contribution in [0.4, 0.5) is 17.6 Å². The van der Waals surface area contributed by atoms with Gasteiger partial charge in [0.2, 0.25) is 0 Å². The maximum Gasteiger partial charge on any atom is 0.145 e. The summed E-state index contributed by atoms with van der Waals surface area (Å²) < 4.78 is 56.6. The van der Waals surface area contributed by atoms with Gasteiger partial charge in [-0.15, -0.1) is 0 Å². The Kier molecular flexibility index (Phi) is 8.54. The molecule has 1 saturated carbocycles. The van der Waals surface area contributed by atoms with Gasteiger partial charge >= 0.3 is 0 Å². The fourth-order valence-corrected chi connectivity index (χ4v) is 5.35. The molecule has 4 rings (SSSR count). The summed E-state index contributed by atoms with van der Waals surface area (Å²) in [6, 6.07) is 14.0. The molecule has 0 atom stereocenters. The van der Waals surface area contributed by atoms with Crippen LogP contribution >= 0.6 is 11.6 Å². The lowest BCUT2D eigenvalue weighted by Gasteiger charge is -2.29. The molecule has 0 saturated heterocycles.